The van der Waals surface area contributed by atoms with E-state index >= 15 is 0 Å². The van der Waals surface area contributed by atoms with E-state index in [0.717, 1.165) is 34.5 Å². The minimum atomic E-state index is -4.35. The van der Waals surface area contributed by atoms with Gasteiger partial charge in [0, 0.05) is 68.0 Å². The van der Waals surface area contributed by atoms with Gasteiger partial charge in [-0.15, -0.1) is 0 Å². The molecule has 232 valence electrons. The largest absolute Gasteiger partial charge is 0.389 e. The molecule has 0 fully saturated rings. The minimum Gasteiger partial charge on any atom is -0.348 e. The molecule has 8 nitrogen and oxygen atoms in total. The second-order valence-electron chi connectivity index (χ2n) is 10.5. The molecule has 0 atom stereocenters. The Bertz CT molecular complexity index is 1610. The predicted molar refractivity (Wildman–Crippen MR) is 164 cm³/mol. The van der Waals surface area contributed by atoms with Gasteiger partial charge in [0.1, 0.15) is 11.3 Å². The second-order valence-corrected chi connectivity index (χ2v) is 10.5. The first-order valence-electron chi connectivity index (χ1n) is 14.5. The van der Waals surface area contributed by atoms with Crippen molar-refractivity contribution in [2.45, 2.75) is 52.3 Å². The van der Waals surface area contributed by atoms with Crippen molar-refractivity contribution in [3.63, 3.8) is 0 Å². The summed E-state index contributed by atoms with van der Waals surface area (Å²) >= 11 is 0. The van der Waals surface area contributed by atoms with Crippen LogP contribution < -0.4 is 16.1 Å². The van der Waals surface area contributed by atoms with Gasteiger partial charge in [0.25, 0.3) is 5.91 Å². The number of aryl methyl sites for hydroxylation is 2. The number of anilines is 1. The van der Waals surface area contributed by atoms with E-state index in [0.29, 0.717) is 36.4 Å². The molecule has 4 rings (SSSR count). The topological polar surface area (TPSA) is 91.6 Å². The van der Waals surface area contributed by atoms with Crippen LogP contribution in [0, 0.1) is 6.92 Å². The number of alkyl halides is 3. The summed E-state index contributed by atoms with van der Waals surface area (Å²) in [6.45, 7) is 4.90. The van der Waals surface area contributed by atoms with Crippen LogP contribution in [-0.2, 0) is 18.4 Å². The number of hydrogen-bond acceptors (Lipinski definition) is 5. The van der Waals surface area contributed by atoms with Gasteiger partial charge in [-0.05, 0) is 79.4 Å². The molecule has 3 aromatic rings. The molecule has 0 saturated carbocycles. The maximum atomic E-state index is 12.7. The van der Waals surface area contributed by atoms with Crippen LogP contribution in [0.3, 0.4) is 0 Å². The van der Waals surface area contributed by atoms with Crippen molar-refractivity contribution in [2.24, 2.45) is 12.0 Å². The number of carbonyl (C=O) groups excluding carboxylic acids is 2. The molecule has 0 bridgehead atoms. The third-order valence-corrected chi connectivity index (χ3v) is 7.28. The number of rotatable bonds is 10. The van der Waals surface area contributed by atoms with Crippen LogP contribution in [0.2, 0.25) is 0 Å². The molecule has 11 heteroatoms. The van der Waals surface area contributed by atoms with Gasteiger partial charge < -0.3 is 20.1 Å². The third kappa shape index (κ3) is 8.92. The van der Waals surface area contributed by atoms with Crippen molar-refractivity contribution in [3.05, 3.63) is 107 Å². The lowest BCUT2D eigenvalue weighted by atomic mass is 10.00. The number of nitrogens with one attached hydrogen (secondary N) is 2. The third-order valence-electron chi connectivity index (χ3n) is 7.28. The van der Waals surface area contributed by atoms with Crippen molar-refractivity contribution < 1.29 is 22.8 Å². The first kappa shape index (κ1) is 32.2. The maximum absolute atomic E-state index is 12.7. The number of pyridine rings is 2. The molecule has 2 amide bonds. The molecular weight excluding hydrogens is 569 g/mol. The lowest BCUT2D eigenvalue weighted by Crippen LogP contribution is -2.36. The number of halogens is 3. The second kappa shape index (κ2) is 14.7. The summed E-state index contributed by atoms with van der Waals surface area (Å²) in [5, 5.41) is 6.27. The quantitative estimate of drug-likeness (QED) is 0.302. The van der Waals surface area contributed by atoms with Gasteiger partial charge in [-0.2, -0.15) is 13.2 Å². The molecule has 1 aliphatic heterocycles. The zero-order valence-corrected chi connectivity index (χ0v) is 25.1. The van der Waals surface area contributed by atoms with Crippen LogP contribution in [0.4, 0.5) is 18.9 Å². The Labute approximate surface area is 255 Å². The van der Waals surface area contributed by atoms with Gasteiger partial charge >= 0.3 is 6.18 Å². The van der Waals surface area contributed by atoms with Crippen LogP contribution >= 0.6 is 0 Å². The minimum absolute atomic E-state index is 0.184. The van der Waals surface area contributed by atoms with Crippen molar-refractivity contribution in [1.82, 2.24) is 19.8 Å². The van der Waals surface area contributed by atoms with Crippen LogP contribution in [0.15, 0.2) is 83.9 Å². The summed E-state index contributed by atoms with van der Waals surface area (Å²) < 4.78 is 39.6. The standard InChI is InChI=1S/C33H37F3N6O2/c1-4-7-29(39-27-12-10-25(11-13-27)32(44)38-22-26-8-5-18-37-23(26)2)40-31-28(9-6-19-41(31)3)24-15-20-42(21-16-24)30(43)14-17-33(34,35)36/h5-13,15,18-19,39H,4,14,16-17,20-22H2,1-3H3,(H,38,44)/b29-7+,40-31-. The number of hydrogen-bond donors (Lipinski definition) is 2. The van der Waals surface area contributed by atoms with Crippen molar-refractivity contribution >= 4 is 23.1 Å². The summed E-state index contributed by atoms with van der Waals surface area (Å²) in [4.78, 5) is 35.7. The lowest BCUT2D eigenvalue weighted by Gasteiger charge is -2.27. The maximum Gasteiger partial charge on any atom is 0.389 e. The average Bonchev–Trinajstić information content (AvgIpc) is 3.00. The molecule has 0 spiro atoms. The highest BCUT2D eigenvalue weighted by Gasteiger charge is 2.29. The highest BCUT2D eigenvalue weighted by atomic mass is 19.4. The zero-order valence-electron chi connectivity index (χ0n) is 25.1. The number of carbonyl (C=O) groups is 2. The molecule has 1 aliphatic rings. The lowest BCUT2D eigenvalue weighted by molar-refractivity contribution is -0.148. The molecule has 0 saturated heterocycles. The monoisotopic (exact) mass is 606 g/mol. The highest BCUT2D eigenvalue weighted by Crippen LogP contribution is 2.24. The molecule has 1 aromatic carbocycles. The van der Waals surface area contributed by atoms with Crippen molar-refractivity contribution in [2.75, 3.05) is 18.4 Å². The molecule has 0 radical (unpaired) electrons. The highest BCUT2D eigenvalue weighted by molar-refractivity contribution is 5.94. The van der Waals surface area contributed by atoms with Gasteiger partial charge in [0.15, 0.2) is 0 Å². The average molecular weight is 607 g/mol. The summed E-state index contributed by atoms with van der Waals surface area (Å²) in [5.41, 5.74) is 5.69. The molecule has 0 aliphatic carbocycles. The summed E-state index contributed by atoms with van der Waals surface area (Å²) in [5.74, 6) is -0.0538. The summed E-state index contributed by atoms with van der Waals surface area (Å²) in [6, 6.07) is 14.8. The first-order valence-corrected chi connectivity index (χ1v) is 14.5. The Balaban J connectivity index is 1.47. The van der Waals surface area contributed by atoms with Gasteiger partial charge in [-0.3, -0.25) is 14.6 Å². The Morgan fingerprint density at radius 2 is 1.89 bits per heavy atom. The van der Waals surface area contributed by atoms with Gasteiger partial charge in [-0.1, -0.05) is 19.1 Å². The van der Waals surface area contributed by atoms with E-state index in [2.05, 4.69) is 15.6 Å². The summed E-state index contributed by atoms with van der Waals surface area (Å²) in [7, 11) is 1.89. The van der Waals surface area contributed by atoms with Gasteiger partial charge in [-0.25, -0.2) is 4.99 Å². The van der Waals surface area contributed by atoms with E-state index in [9.17, 15) is 22.8 Å². The van der Waals surface area contributed by atoms with Gasteiger partial charge in [0.2, 0.25) is 5.91 Å². The van der Waals surface area contributed by atoms with E-state index in [1.807, 2.05) is 80.2 Å². The normalized spacial score (nSPS) is 14.3. The Morgan fingerprint density at radius 3 is 2.55 bits per heavy atom. The molecule has 2 N–H and O–H groups in total. The number of aromatic nitrogens is 2. The fourth-order valence-corrected chi connectivity index (χ4v) is 4.81. The van der Waals surface area contributed by atoms with E-state index in [-0.39, 0.29) is 12.5 Å². The molecule has 44 heavy (non-hydrogen) atoms. The Kier molecular flexibility index (Phi) is 10.8. The van der Waals surface area contributed by atoms with Gasteiger partial charge in [0.05, 0.1) is 6.42 Å². The zero-order chi connectivity index (χ0) is 31.7. The SMILES string of the molecule is CC/C=C(/N=c1/c(C2=CCN(C(=O)CCC(F)(F)F)CC2)cccn1C)Nc1ccc(C(=O)NCc2cccnc2C)cc1. The Hall–Kier alpha value is -4.67. The van der Waals surface area contributed by atoms with E-state index in [4.69, 9.17) is 4.99 Å². The fraction of sp³-hybridized carbons (Fsp3) is 0.333. The number of benzene rings is 1. The van der Waals surface area contributed by atoms with E-state index < -0.39 is 24.9 Å². The van der Waals surface area contributed by atoms with Crippen LogP contribution in [0.5, 0.6) is 0 Å². The smallest absolute Gasteiger partial charge is 0.348 e. The molecule has 3 heterocycles. The van der Waals surface area contributed by atoms with E-state index in [1.165, 1.54) is 4.90 Å². The Morgan fingerprint density at radius 1 is 1.11 bits per heavy atom. The fourth-order valence-electron chi connectivity index (χ4n) is 4.81. The molecule has 0 unspecified atom stereocenters. The van der Waals surface area contributed by atoms with E-state index in [1.54, 1.807) is 18.3 Å². The molecule has 2 aromatic heterocycles. The number of allylic oxidation sites excluding steroid dienone is 1. The van der Waals surface area contributed by atoms with Crippen LogP contribution in [0.25, 0.3) is 5.57 Å². The predicted octanol–water partition coefficient (Wildman–Crippen LogP) is 5.88. The van der Waals surface area contributed by atoms with Crippen LogP contribution in [0.1, 0.15) is 59.8 Å². The van der Waals surface area contributed by atoms with Crippen molar-refractivity contribution in [1.29, 1.82) is 0 Å². The molecular formula is C33H37F3N6O2. The number of amides is 2. The van der Waals surface area contributed by atoms with Crippen LogP contribution in [-0.4, -0.2) is 45.5 Å². The summed E-state index contributed by atoms with van der Waals surface area (Å²) in [6.07, 6.45) is 2.69. The first-order chi connectivity index (χ1) is 21.0. The number of nitrogens with zero attached hydrogens (tertiary/aromatic N) is 4. The van der Waals surface area contributed by atoms with Crippen molar-refractivity contribution in [3.8, 4) is 0 Å².